The quantitative estimate of drug-likeness (QED) is 0.755. The summed E-state index contributed by atoms with van der Waals surface area (Å²) in [6.45, 7) is 3.29. The van der Waals surface area contributed by atoms with Crippen molar-refractivity contribution in [2.45, 2.75) is 44.9 Å². The molecule has 6 nitrogen and oxygen atoms in total. The molecular weight excluding hydrogens is 332 g/mol. The standard InChI is InChI=1S/C17H21ClN2O4/c1-17(2,24)10-19-16(23)15(22)13-7-8-14(21)20(13)9-11-3-5-12(18)6-4-11/h3-6,13,24H,7-10H2,1-2H3,(H,19,23). The molecule has 130 valence electrons. The lowest BCUT2D eigenvalue weighted by Gasteiger charge is -2.24. The molecule has 0 aliphatic carbocycles. The normalized spacial score (nSPS) is 17.9. The summed E-state index contributed by atoms with van der Waals surface area (Å²) < 4.78 is 0. The molecule has 1 aromatic rings. The van der Waals surface area contributed by atoms with Crippen molar-refractivity contribution in [3.63, 3.8) is 0 Å². The zero-order valence-electron chi connectivity index (χ0n) is 13.7. The highest BCUT2D eigenvalue weighted by atomic mass is 35.5. The molecule has 1 aliphatic rings. The molecule has 2 rings (SSSR count). The first-order valence-corrected chi connectivity index (χ1v) is 8.13. The largest absolute Gasteiger partial charge is 0.389 e. The number of rotatable bonds is 6. The third kappa shape index (κ3) is 4.79. The summed E-state index contributed by atoms with van der Waals surface area (Å²) in [5, 5.41) is 12.6. The molecule has 1 fully saturated rings. The van der Waals surface area contributed by atoms with Gasteiger partial charge in [0.25, 0.3) is 5.91 Å². The Morgan fingerprint density at radius 1 is 1.33 bits per heavy atom. The minimum absolute atomic E-state index is 0.0323. The van der Waals surface area contributed by atoms with Crippen LogP contribution < -0.4 is 5.32 Å². The number of nitrogens with zero attached hydrogens (tertiary/aromatic N) is 1. The monoisotopic (exact) mass is 352 g/mol. The summed E-state index contributed by atoms with van der Waals surface area (Å²) in [4.78, 5) is 37.9. The second-order valence-corrected chi connectivity index (χ2v) is 7.00. The van der Waals surface area contributed by atoms with Crippen LogP contribution in [0.2, 0.25) is 5.02 Å². The van der Waals surface area contributed by atoms with Gasteiger partial charge in [0.1, 0.15) is 6.04 Å². The summed E-state index contributed by atoms with van der Waals surface area (Å²) in [7, 11) is 0. The first-order valence-electron chi connectivity index (χ1n) is 7.76. The first kappa shape index (κ1) is 18.4. The molecule has 1 saturated heterocycles. The van der Waals surface area contributed by atoms with E-state index in [0.29, 0.717) is 11.4 Å². The Balaban J connectivity index is 2.04. The summed E-state index contributed by atoms with van der Waals surface area (Å²) in [6, 6.07) is 6.22. The van der Waals surface area contributed by atoms with Crippen LogP contribution in [-0.4, -0.2) is 45.8 Å². The van der Waals surface area contributed by atoms with Crippen LogP contribution in [0.3, 0.4) is 0 Å². The molecule has 7 heteroatoms. The zero-order chi connectivity index (χ0) is 17.9. The van der Waals surface area contributed by atoms with E-state index in [-0.39, 0.29) is 25.4 Å². The van der Waals surface area contributed by atoms with Crippen LogP contribution in [0.4, 0.5) is 0 Å². The lowest BCUT2D eigenvalue weighted by molar-refractivity contribution is -0.143. The summed E-state index contributed by atoms with van der Waals surface area (Å²) in [5.74, 6) is -1.59. The molecular formula is C17H21ClN2O4. The highest BCUT2D eigenvalue weighted by molar-refractivity contribution is 6.38. The van der Waals surface area contributed by atoms with Crippen molar-refractivity contribution in [3.8, 4) is 0 Å². The fourth-order valence-corrected chi connectivity index (χ4v) is 2.65. The number of nitrogens with one attached hydrogen (secondary N) is 1. The Bertz CT molecular complexity index is 637. The molecule has 0 radical (unpaired) electrons. The van der Waals surface area contributed by atoms with E-state index in [1.165, 1.54) is 18.7 Å². The Morgan fingerprint density at radius 2 is 1.96 bits per heavy atom. The van der Waals surface area contributed by atoms with Crippen molar-refractivity contribution in [3.05, 3.63) is 34.9 Å². The molecule has 1 unspecified atom stereocenters. The number of hydrogen-bond donors (Lipinski definition) is 2. The number of carbonyl (C=O) groups is 3. The maximum absolute atomic E-state index is 12.4. The van der Waals surface area contributed by atoms with E-state index in [9.17, 15) is 19.5 Å². The third-order valence-electron chi connectivity index (χ3n) is 3.80. The summed E-state index contributed by atoms with van der Waals surface area (Å²) in [5.41, 5.74) is -0.269. The van der Waals surface area contributed by atoms with Crippen LogP contribution in [-0.2, 0) is 20.9 Å². The van der Waals surface area contributed by atoms with Gasteiger partial charge in [0.2, 0.25) is 11.7 Å². The van der Waals surface area contributed by atoms with E-state index < -0.39 is 23.3 Å². The maximum atomic E-state index is 12.4. The van der Waals surface area contributed by atoms with E-state index in [0.717, 1.165) is 5.56 Å². The van der Waals surface area contributed by atoms with Crippen molar-refractivity contribution in [2.24, 2.45) is 0 Å². The van der Waals surface area contributed by atoms with Crippen molar-refractivity contribution in [1.82, 2.24) is 10.2 Å². The number of benzene rings is 1. The maximum Gasteiger partial charge on any atom is 0.289 e. The molecule has 1 heterocycles. The lowest BCUT2D eigenvalue weighted by Crippen LogP contribution is -2.48. The van der Waals surface area contributed by atoms with E-state index in [2.05, 4.69) is 5.32 Å². The van der Waals surface area contributed by atoms with E-state index in [4.69, 9.17) is 11.6 Å². The van der Waals surface area contributed by atoms with Crippen LogP contribution in [0.25, 0.3) is 0 Å². The second-order valence-electron chi connectivity index (χ2n) is 6.56. The predicted molar refractivity (Wildman–Crippen MR) is 89.3 cm³/mol. The number of carbonyl (C=O) groups excluding carboxylic acids is 3. The molecule has 2 amide bonds. The lowest BCUT2D eigenvalue weighted by atomic mass is 10.1. The van der Waals surface area contributed by atoms with Gasteiger partial charge in [0.05, 0.1) is 5.60 Å². The number of hydrogen-bond acceptors (Lipinski definition) is 4. The molecule has 0 spiro atoms. The Kier molecular flexibility index (Phi) is 5.62. The second kappa shape index (κ2) is 7.32. The molecule has 1 aliphatic heterocycles. The van der Waals surface area contributed by atoms with Gasteiger partial charge in [0, 0.05) is 24.5 Å². The molecule has 24 heavy (non-hydrogen) atoms. The number of Topliss-reactive ketones (excluding diaryl/α,β-unsaturated/α-hetero) is 1. The van der Waals surface area contributed by atoms with Crippen LogP contribution in [0.1, 0.15) is 32.3 Å². The minimum atomic E-state index is -1.11. The van der Waals surface area contributed by atoms with Crippen LogP contribution in [0.15, 0.2) is 24.3 Å². The van der Waals surface area contributed by atoms with Gasteiger partial charge in [-0.25, -0.2) is 0 Å². The van der Waals surface area contributed by atoms with Gasteiger partial charge >= 0.3 is 0 Å². The average molecular weight is 353 g/mol. The smallest absolute Gasteiger partial charge is 0.289 e. The van der Waals surface area contributed by atoms with Gasteiger partial charge in [-0.15, -0.1) is 0 Å². The van der Waals surface area contributed by atoms with E-state index in [1.807, 2.05) is 0 Å². The highest BCUT2D eigenvalue weighted by Gasteiger charge is 2.38. The van der Waals surface area contributed by atoms with Crippen molar-refractivity contribution in [1.29, 1.82) is 0 Å². The van der Waals surface area contributed by atoms with E-state index in [1.54, 1.807) is 24.3 Å². The van der Waals surface area contributed by atoms with Gasteiger partial charge in [-0.05, 0) is 38.0 Å². The topological polar surface area (TPSA) is 86.7 Å². The fraction of sp³-hybridized carbons (Fsp3) is 0.471. The van der Waals surface area contributed by atoms with Gasteiger partial charge in [-0.2, -0.15) is 0 Å². The Morgan fingerprint density at radius 3 is 2.54 bits per heavy atom. The molecule has 1 atom stereocenters. The SMILES string of the molecule is CC(C)(O)CNC(=O)C(=O)C1CCC(=O)N1Cc1ccc(Cl)cc1. The number of amides is 2. The van der Waals surface area contributed by atoms with Gasteiger partial charge in [-0.1, -0.05) is 23.7 Å². The summed E-state index contributed by atoms with van der Waals surface area (Å²) in [6.07, 6.45) is 0.559. The van der Waals surface area contributed by atoms with Gasteiger partial charge in [-0.3, -0.25) is 14.4 Å². The van der Waals surface area contributed by atoms with Gasteiger partial charge in [0.15, 0.2) is 0 Å². The molecule has 0 aromatic heterocycles. The van der Waals surface area contributed by atoms with E-state index >= 15 is 0 Å². The fourth-order valence-electron chi connectivity index (χ4n) is 2.53. The van der Waals surface area contributed by atoms with Gasteiger partial charge < -0.3 is 15.3 Å². The predicted octanol–water partition coefficient (Wildman–Crippen LogP) is 1.29. The minimum Gasteiger partial charge on any atom is -0.389 e. The zero-order valence-corrected chi connectivity index (χ0v) is 14.5. The molecule has 0 bridgehead atoms. The van der Waals surface area contributed by atoms with Crippen molar-refractivity contribution < 1.29 is 19.5 Å². The van der Waals surface area contributed by atoms with Crippen LogP contribution >= 0.6 is 11.6 Å². The first-order chi connectivity index (χ1) is 11.2. The number of halogens is 1. The molecule has 2 N–H and O–H groups in total. The third-order valence-corrected chi connectivity index (χ3v) is 4.05. The summed E-state index contributed by atoms with van der Waals surface area (Å²) >= 11 is 5.84. The number of ketones is 1. The molecule has 0 saturated carbocycles. The van der Waals surface area contributed by atoms with Crippen molar-refractivity contribution in [2.75, 3.05) is 6.54 Å². The highest BCUT2D eigenvalue weighted by Crippen LogP contribution is 2.23. The van der Waals surface area contributed by atoms with Crippen LogP contribution in [0.5, 0.6) is 0 Å². The molecule has 1 aromatic carbocycles. The Hall–Kier alpha value is -1.92. The number of likely N-dealkylation sites (tertiary alicyclic amines) is 1. The van der Waals surface area contributed by atoms with Crippen molar-refractivity contribution >= 4 is 29.2 Å². The Labute approximate surface area is 145 Å². The average Bonchev–Trinajstić information content (AvgIpc) is 2.87. The number of aliphatic hydroxyl groups is 1. The van der Waals surface area contributed by atoms with Crippen LogP contribution in [0, 0.1) is 0 Å².